The molecule has 0 aliphatic rings. The molecular weight excluding hydrogens is 461 g/mol. The summed E-state index contributed by atoms with van der Waals surface area (Å²) in [6, 6.07) is 8.82. The van der Waals surface area contributed by atoms with Crippen molar-refractivity contribution < 1.29 is 14.3 Å². The summed E-state index contributed by atoms with van der Waals surface area (Å²) in [5.41, 5.74) is 1.29. The lowest BCUT2D eigenvalue weighted by atomic mass is 10.2. The van der Waals surface area contributed by atoms with Gasteiger partial charge in [0.15, 0.2) is 5.75 Å². The molecule has 4 nitrogen and oxygen atoms in total. The Morgan fingerprint density at radius 3 is 2.50 bits per heavy atom. The third kappa shape index (κ3) is 4.32. The molecule has 0 aliphatic carbocycles. The lowest BCUT2D eigenvalue weighted by Gasteiger charge is -2.12. The Morgan fingerprint density at radius 2 is 1.88 bits per heavy atom. The fourth-order valence-corrected chi connectivity index (χ4v) is 3.65. The van der Waals surface area contributed by atoms with E-state index in [0.717, 1.165) is 5.56 Å². The Labute approximate surface area is 162 Å². The average Bonchev–Trinajstić information content (AvgIpc) is 2.57. The molecule has 1 amide bonds. The molecule has 0 spiro atoms. The third-order valence-electron chi connectivity index (χ3n) is 3.13. The maximum absolute atomic E-state index is 12.1. The Balaban J connectivity index is 2.25. The lowest BCUT2D eigenvalue weighted by Crippen LogP contribution is -2.08. The van der Waals surface area contributed by atoms with Crippen molar-refractivity contribution in [3.63, 3.8) is 0 Å². The van der Waals surface area contributed by atoms with Crippen LogP contribution >= 0.6 is 43.5 Å². The molecule has 7 heteroatoms. The number of nitrogens with one attached hydrogen (secondary N) is 1. The number of rotatable bonds is 5. The van der Waals surface area contributed by atoms with Gasteiger partial charge in [-0.3, -0.25) is 4.79 Å². The van der Waals surface area contributed by atoms with Crippen molar-refractivity contribution in [1.29, 1.82) is 0 Å². The number of carbonyl (C=O) groups is 1. The maximum Gasteiger partial charge on any atom is 0.248 e. The van der Waals surface area contributed by atoms with E-state index < -0.39 is 0 Å². The minimum absolute atomic E-state index is 0.296. The van der Waals surface area contributed by atoms with Gasteiger partial charge in [0.1, 0.15) is 10.2 Å². The summed E-state index contributed by atoms with van der Waals surface area (Å²) in [5.74, 6) is 0.887. The minimum Gasteiger partial charge on any atom is -0.495 e. The number of hydrogen-bond acceptors (Lipinski definition) is 3. The van der Waals surface area contributed by atoms with Crippen molar-refractivity contribution in [2.24, 2.45) is 0 Å². The lowest BCUT2D eigenvalue weighted by molar-refractivity contribution is -0.111. The second kappa shape index (κ2) is 8.55. The van der Waals surface area contributed by atoms with Gasteiger partial charge in [0.25, 0.3) is 0 Å². The van der Waals surface area contributed by atoms with Crippen molar-refractivity contribution in [3.8, 4) is 11.5 Å². The quantitative estimate of drug-likeness (QED) is 0.578. The highest BCUT2D eigenvalue weighted by atomic mass is 79.9. The summed E-state index contributed by atoms with van der Waals surface area (Å²) in [5, 5.41) is 3.20. The van der Waals surface area contributed by atoms with E-state index in [9.17, 15) is 4.79 Å². The van der Waals surface area contributed by atoms with Crippen molar-refractivity contribution in [1.82, 2.24) is 0 Å². The number of anilines is 1. The van der Waals surface area contributed by atoms with Crippen LogP contribution in [0, 0.1) is 0 Å². The zero-order chi connectivity index (χ0) is 17.7. The molecule has 0 fully saturated rings. The second-order valence-corrected chi connectivity index (χ2v) is 6.62. The molecule has 0 radical (unpaired) electrons. The van der Waals surface area contributed by atoms with E-state index in [1.54, 1.807) is 50.6 Å². The average molecular weight is 476 g/mol. The highest BCUT2D eigenvalue weighted by molar-refractivity contribution is 9.11. The zero-order valence-electron chi connectivity index (χ0n) is 12.9. The van der Waals surface area contributed by atoms with Crippen molar-refractivity contribution in [3.05, 3.63) is 55.9 Å². The third-order valence-corrected chi connectivity index (χ3v) is 5.02. The summed E-state index contributed by atoms with van der Waals surface area (Å²) in [7, 11) is 3.12. The number of hydrogen-bond donors (Lipinski definition) is 1. The molecule has 1 N–H and O–H groups in total. The van der Waals surface area contributed by atoms with Gasteiger partial charge in [-0.2, -0.15) is 0 Å². The van der Waals surface area contributed by atoms with E-state index >= 15 is 0 Å². The van der Waals surface area contributed by atoms with Crippen LogP contribution in [0.25, 0.3) is 6.08 Å². The molecule has 0 heterocycles. The van der Waals surface area contributed by atoms with Crippen LogP contribution in [0.2, 0.25) is 5.02 Å². The first kappa shape index (κ1) is 18.8. The molecule has 126 valence electrons. The van der Waals surface area contributed by atoms with Gasteiger partial charge in [0.2, 0.25) is 5.91 Å². The SMILES string of the molecule is COc1cc(/C=C/C(=O)Nc2ccccc2Cl)c(Br)c(OC)c1Br. The molecule has 2 rings (SSSR count). The monoisotopic (exact) mass is 473 g/mol. The molecule has 2 aromatic carbocycles. The summed E-state index contributed by atoms with van der Waals surface area (Å²) in [6.45, 7) is 0. The van der Waals surface area contributed by atoms with Gasteiger partial charge in [-0.05, 0) is 61.7 Å². The molecule has 0 aromatic heterocycles. The molecule has 0 atom stereocenters. The molecule has 0 bridgehead atoms. The van der Waals surface area contributed by atoms with Crippen LogP contribution < -0.4 is 14.8 Å². The summed E-state index contributed by atoms with van der Waals surface area (Å²) < 4.78 is 12.1. The first-order valence-corrected chi connectivity index (χ1v) is 8.78. The van der Waals surface area contributed by atoms with Crippen LogP contribution in [0.5, 0.6) is 11.5 Å². The number of para-hydroxylation sites is 1. The predicted molar refractivity (Wildman–Crippen MR) is 104 cm³/mol. The molecule has 2 aromatic rings. The molecule has 24 heavy (non-hydrogen) atoms. The number of methoxy groups -OCH3 is 2. The number of amides is 1. The maximum atomic E-state index is 12.1. The van der Waals surface area contributed by atoms with Crippen molar-refractivity contribution in [2.45, 2.75) is 0 Å². The molecular formula is C17H14Br2ClNO3. The molecule has 0 unspecified atom stereocenters. The van der Waals surface area contributed by atoms with Gasteiger partial charge in [-0.15, -0.1) is 0 Å². The fraction of sp³-hybridized carbons (Fsp3) is 0.118. The van der Waals surface area contributed by atoms with Gasteiger partial charge in [-0.25, -0.2) is 0 Å². The van der Waals surface area contributed by atoms with Gasteiger partial charge in [-0.1, -0.05) is 23.7 Å². The van der Waals surface area contributed by atoms with Crippen LogP contribution in [-0.4, -0.2) is 20.1 Å². The molecule has 0 saturated heterocycles. The summed E-state index contributed by atoms with van der Waals surface area (Å²) in [4.78, 5) is 12.1. The highest BCUT2D eigenvalue weighted by Crippen LogP contribution is 2.42. The summed E-state index contributed by atoms with van der Waals surface area (Å²) in [6.07, 6.45) is 3.07. The molecule has 0 saturated carbocycles. The predicted octanol–water partition coefficient (Wildman–Crippen LogP) is 5.53. The van der Waals surface area contributed by atoms with E-state index in [4.69, 9.17) is 21.1 Å². The van der Waals surface area contributed by atoms with E-state index in [0.29, 0.717) is 31.2 Å². The van der Waals surface area contributed by atoms with Crippen LogP contribution in [0.3, 0.4) is 0 Å². The number of halogens is 3. The fourth-order valence-electron chi connectivity index (χ4n) is 1.96. The standard InChI is InChI=1S/C17H14Br2ClNO3/c1-23-13-9-10(15(18)17(24-2)16(13)19)7-8-14(22)21-12-6-4-3-5-11(12)20/h3-9H,1-2H3,(H,21,22)/b8-7+. The largest absolute Gasteiger partial charge is 0.495 e. The topological polar surface area (TPSA) is 47.6 Å². The van der Waals surface area contributed by atoms with Crippen LogP contribution in [0.1, 0.15) is 5.56 Å². The Hall–Kier alpha value is -1.50. The van der Waals surface area contributed by atoms with Crippen molar-refractivity contribution in [2.75, 3.05) is 19.5 Å². The second-order valence-electron chi connectivity index (χ2n) is 4.63. The van der Waals surface area contributed by atoms with Crippen molar-refractivity contribution >= 4 is 61.1 Å². The number of ether oxygens (including phenoxy) is 2. The first-order valence-electron chi connectivity index (χ1n) is 6.81. The zero-order valence-corrected chi connectivity index (χ0v) is 16.8. The van der Waals surface area contributed by atoms with Gasteiger partial charge < -0.3 is 14.8 Å². The summed E-state index contributed by atoms with van der Waals surface area (Å²) >= 11 is 12.9. The smallest absolute Gasteiger partial charge is 0.248 e. The Kier molecular flexibility index (Phi) is 6.71. The van der Waals surface area contributed by atoms with E-state index in [2.05, 4.69) is 37.2 Å². The van der Waals surface area contributed by atoms with E-state index in [-0.39, 0.29) is 5.91 Å². The Morgan fingerprint density at radius 1 is 1.17 bits per heavy atom. The van der Waals surface area contributed by atoms with E-state index in [1.165, 1.54) is 6.08 Å². The van der Waals surface area contributed by atoms with Crippen LogP contribution in [0.4, 0.5) is 5.69 Å². The van der Waals surface area contributed by atoms with Gasteiger partial charge >= 0.3 is 0 Å². The first-order chi connectivity index (χ1) is 11.5. The minimum atomic E-state index is -0.296. The number of benzene rings is 2. The Bertz CT molecular complexity index is 794. The van der Waals surface area contributed by atoms with Crippen LogP contribution in [-0.2, 0) is 4.79 Å². The van der Waals surface area contributed by atoms with Gasteiger partial charge in [0.05, 0.1) is 29.4 Å². The number of carbonyl (C=O) groups excluding carboxylic acids is 1. The van der Waals surface area contributed by atoms with E-state index in [1.807, 2.05) is 0 Å². The molecule has 0 aliphatic heterocycles. The van der Waals surface area contributed by atoms with Crippen LogP contribution in [0.15, 0.2) is 45.4 Å². The van der Waals surface area contributed by atoms with Gasteiger partial charge in [0, 0.05) is 6.08 Å². The normalized spacial score (nSPS) is 10.7. The highest BCUT2D eigenvalue weighted by Gasteiger charge is 2.15.